The molecule has 2 unspecified atom stereocenters. The third kappa shape index (κ3) is 7.74. The fourth-order valence-corrected chi connectivity index (χ4v) is 12.4. The normalized spacial score (nSPS) is 19.1. The molecule has 0 saturated carbocycles. The lowest BCUT2D eigenvalue weighted by Crippen LogP contribution is -2.68. The summed E-state index contributed by atoms with van der Waals surface area (Å²) in [5.74, 6) is 0.0156. The minimum absolute atomic E-state index is 0.0156. The summed E-state index contributed by atoms with van der Waals surface area (Å²) in [5, 5.41) is 0. The standard InChI is InChI=1S/C66H70BN3/c1-62(2,3)47-25-22-30-52(37-47)70-59-39-49(64(7,8)9)31-33-55(59)67-56-35-45-41-65(10,11)42-46(45)36-58(56)69(57-34-32-48(63(4,5)6)38-54(57)44-23-16-13-17-24-44)60-40-53(43-66(70,12)61(60)67)68(50-26-18-14-19-27-50)51-28-20-15-21-29-51/h13-40,43,61H,41-42H2,1-12H3. The number of hydrogen-bond acceptors (Lipinski definition) is 3. The number of anilines is 6. The SMILES string of the molecule is CC1(C)Cc2cc3c(cc2C1)N(c1ccc(C(C)(C)C)cc1-c1ccccc1)C1=CC(N(c2ccccc2)c2ccccc2)=CC2(C)C1B3c1ccc(C(C)(C)C)cc1N2c1cccc(C(C)(C)C)c1. The molecule has 0 saturated heterocycles. The molecule has 70 heavy (non-hydrogen) atoms. The molecule has 0 aromatic heterocycles. The second-order valence-electron chi connectivity index (χ2n) is 24.9. The molecule has 2 aliphatic heterocycles. The summed E-state index contributed by atoms with van der Waals surface area (Å²) in [7, 11) is 0. The highest BCUT2D eigenvalue weighted by atomic mass is 15.3. The molecule has 7 aromatic carbocycles. The lowest BCUT2D eigenvalue weighted by Gasteiger charge is -2.59. The predicted molar refractivity (Wildman–Crippen MR) is 301 cm³/mol. The lowest BCUT2D eigenvalue weighted by molar-refractivity contribution is 0.392. The van der Waals surface area contributed by atoms with E-state index < -0.39 is 5.54 Å². The Morgan fingerprint density at radius 2 is 1.07 bits per heavy atom. The van der Waals surface area contributed by atoms with Gasteiger partial charge in [0.05, 0.1) is 11.2 Å². The van der Waals surface area contributed by atoms with Crippen LogP contribution in [0, 0.1) is 5.41 Å². The van der Waals surface area contributed by atoms with E-state index in [-0.39, 0.29) is 34.2 Å². The van der Waals surface area contributed by atoms with Gasteiger partial charge in [-0.05, 0) is 153 Å². The third-order valence-electron chi connectivity index (χ3n) is 15.9. The number of nitrogens with zero attached hydrogens (tertiary/aromatic N) is 3. The average Bonchev–Trinajstić information content (AvgIpc) is 3.63. The van der Waals surface area contributed by atoms with Gasteiger partial charge < -0.3 is 14.7 Å². The molecular weight excluding hydrogens is 846 g/mol. The van der Waals surface area contributed by atoms with Crippen molar-refractivity contribution in [1.82, 2.24) is 0 Å². The van der Waals surface area contributed by atoms with E-state index in [9.17, 15) is 0 Å². The van der Waals surface area contributed by atoms with Crippen LogP contribution in [0.15, 0.2) is 187 Å². The minimum Gasteiger partial charge on any atom is -0.332 e. The average molecular weight is 916 g/mol. The van der Waals surface area contributed by atoms with Crippen LogP contribution in [0.25, 0.3) is 11.1 Å². The Morgan fingerprint density at radius 3 is 1.69 bits per heavy atom. The Hall–Kier alpha value is -6.52. The smallest absolute Gasteiger partial charge is 0.226 e. The maximum atomic E-state index is 2.76. The van der Waals surface area contributed by atoms with Crippen molar-refractivity contribution < 1.29 is 0 Å². The van der Waals surface area contributed by atoms with Gasteiger partial charge in [0, 0.05) is 51.2 Å². The molecule has 11 rings (SSSR count). The molecule has 0 radical (unpaired) electrons. The van der Waals surface area contributed by atoms with Gasteiger partial charge in [0.2, 0.25) is 6.71 Å². The highest BCUT2D eigenvalue weighted by Gasteiger charge is 2.59. The molecule has 0 fully saturated rings. The van der Waals surface area contributed by atoms with Crippen LogP contribution in [0.4, 0.5) is 34.1 Å². The molecule has 0 N–H and O–H groups in total. The van der Waals surface area contributed by atoms with Crippen LogP contribution in [-0.2, 0) is 29.1 Å². The van der Waals surface area contributed by atoms with Gasteiger partial charge in [0.1, 0.15) is 0 Å². The van der Waals surface area contributed by atoms with Crippen molar-refractivity contribution in [2.45, 2.75) is 124 Å². The number of hydrogen-bond donors (Lipinski definition) is 0. The molecule has 2 atom stereocenters. The van der Waals surface area contributed by atoms with Crippen molar-refractivity contribution >= 4 is 51.8 Å². The van der Waals surface area contributed by atoms with Crippen molar-refractivity contribution in [3.05, 3.63) is 215 Å². The van der Waals surface area contributed by atoms with Gasteiger partial charge in [-0.2, -0.15) is 0 Å². The zero-order chi connectivity index (χ0) is 49.1. The van der Waals surface area contributed by atoms with Crippen LogP contribution in [0.5, 0.6) is 0 Å². The zero-order valence-corrected chi connectivity index (χ0v) is 43.7. The van der Waals surface area contributed by atoms with E-state index in [2.05, 4.69) is 274 Å². The highest BCUT2D eigenvalue weighted by molar-refractivity contribution is 6.90. The molecule has 2 heterocycles. The Labute approximate surface area is 419 Å². The summed E-state index contributed by atoms with van der Waals surface area (Å²) in [5.41, 5.74) is 21.5. The Morgan fingerprint density at radius 1 is 0.514 bits per heavy atom. The quantitative estimate of drug-likeness (QED) is 0.154. The molecule has 352 valence electrons. The van der Waals surface area contributed by atoms with Crippen molar-refractivity contribution in [3.63, 3.8) is 0 Å². The van der Waals surface area contributed by atoms with E-state index in [1.54, 1.807) is 0 Å². The van der Waals surface area contributed by atoms with Gasteiger partial charge in [-0.3, -0.25) is 0 Å². The third-order valence-corrected chi connectivity index (χ3v) is 15.9. The first kappa shape index (κ1) is 45.9. The summed E-state index contributed by atoms with van der Waals surface area (Å²) in [6.45, 7) is 28.7. The Balaban J connectivity index is 1.30. The van der Waals surface area contributed by atoms with Gasteiger partial charge in [0.15, 0.2) is 0 Å². The monoisotopic (exact) mass is 916 g/mol. The fraction of sp³-hybridized carbons (Fsp3) is 0.303. The van der Waals surface area contributed by atoms with Gasteiger partial charge in [-0.15, -0.1) is 0 Å². The van der Waals surface area contributed by atoms with E-state index in [1.165, 1.54) is 78.3 Å². The van der Waals surface area contributed by atoms with E-state index in [1.807, 2.05) is 0 Å². The van der Waals surface area contributed by atoms with E-state index in [4.69, 9.17) is 0 Å². The van der Waals surface area contributed by atoms with Crippen LogP contribution >= 0.6 is 0 Å². The van der Waals surface area contributed by atoms with E-state index in [0.29, 0.717) is 0 Å². The summed E-state index contributed by atoms with van der Waals surface area (Å²) in [6, 6.07) is 62.7. The van der Waals surface area contributed by atoms with Crippen molar-refractivity contribution in [2.24, 2.45) is 5.41 Å². The maximum absolute atomic E-state index is 2.76. The minimum atomic E-state index is -0.571. The summed E-state index contributed by atoms with van der Waals surface area (Å²) in [6.07, 6.45) is 7.36. The second-order valence-corrected chi connectivity index (χ2v) is 24.9. The molecule has 0 spiro atoms. The first-order chi connectivity index (χ1) is 33.2. The molecule has 7 aromatic rings. The first-order valence-electron chi connectivity index (χ1n) is 25.8. The molecule has 4 aliphatic rings. The van der Waals surface area contributed by atoms with Crippen LogP contribution in [0.3, 0.4) is 0 Å². The maximum Gasteiger partial charge on any atom is 0.226 e. The number of allylic oxidation sites excluding steroid dienone is 1. The van der Waals surface area contributed by atoms with Crippen molar-refractivity contribution in [3.8, 4) is 11.1 Å². The van der Waals surface area contributed by atoms with E-state index >= 15 is 0 Å². The summed E-state index contributed by atoms with van der Waals surface area (Å²) < 4.78 is 0. The number of benzene rings is 7. The Bertz CT molecular complexity index is 3180. The number of rotatable bonds is 6. The molecule has 3 nitrogen and oxygen atoms in total. The zero-order valence-electron chi connectivity index (χ0n) is 43.7. The summed E-state index contributed by atoms with van der Waals surface area (Å²) in [4.78, 5) is 7.98. The number of fused-ring (bicyclic) bond motifs is 5. The first-order valence-corrected chi connectivity index (χ1v) is 25.8. The van der Waals surface area contributed by atoms with Gasteiger partial charge in [0.25, 0.3) is 0 Å². The van der Waals surface area contributed by atoms with E-state index in [0.717, 1.165) is 29.9 Å². The van der Waals surface area contributed by atoms with Crippen molar-refractivity contribution in [1.29, 1.82) is 0 Å². The Kier molecular flexibility index (Phi) is 10.7. The second kappa shape index (κ2) is 16.3. The van der Waals surface area contributed by atoms with Gasteiger partial charge in [-0.25, -0.2) is 0 Å². The van der Waals surface area contributed by atoms with Gasteiger partial charge in [-0.1, -0.05) is 185 Å². The lowest BCUT2D eigenvalue weighted by atomic mass is 9.26. The topological polar surface area (TPSA) is 9.72 Å². The van der Waals surface area contributed by atoms with Crippen LogP contribution in [0.2, 0.25) is 5.82 Å². The van der Waals surface area contributed by atoms with Crippen LogP contribution in [0.1, 0.15) is 111 Å². The molecule has 0 amide bonds. The molecule has 4 heteroatoms. The molecular formula is C66H70BN3. The molecule has 2 aliphatic carbocycles. The van der Waals surface area contributed by atoms with Crippen LogP contribution in [-0.4, -0.2) is 12.3 Å². The predicted octanol–water partition coefficient (Wildman–Crippen LogP) is 16.0. The molecule has 0 bridgehead atoms. The number of para-hydroxylation sites is 2. The summed E-state index contributed by atoms with van der Waals surface area (Å²) >= 11 is 0. The highest BCUT2D eigenvalue weighted by Crippen LogP contribution is 2.59. The van der Waals surface area contributed by atoms with Gasteiger partial charge >= 0.3 is 0 Å². The fourth-order valence-electron chi connectivity index (χ4n) is 12.4. The van der Waals surface area contributed by atoms with Crippen LogP contribution < -0.4 is 25.6 Å². The largest absolute Gasteiger partial charge is 0.332 e. The van der Waals surface area contributed by atoms with Crippen molar-refractivity contribution in [2.75, 3.05) is 14.7 Å².